The molecule has 22 heavy (non-hydrogen) atoms. The van der Waals surface area contributed by atoms with E-state index >= 15 is 0 Å². The van der Waals surface area contributed by atoms with E-state index < -0.39 is 14.4 Å². The molecule has 1 atom stereocenters. The van der Waals surface area contributed by atoms with Crippen LogP contribution in [0.5, 0.6) is 0 Å². The summed E-state index contributed by atoms with van der Waals surface area (Å²) in [6, 6.07) is -0.347. The van der Waals surface area contributed by atoms with Gasteiger partial charge in [0.05, 0.1) is 12.6 Å². The van der Waals surface area contributed by atoms with Gasteiger partial charge in [-0.2, -0.15) is 0 Å². The maximum Gasteiger partial charge on any atom is 0.404 e. The third kappa shape index (κ3) is 5.89. The van der Waals surface area contributed by atoms with Crippen LogP contribution in [-0.2, 0) is 4.43 Å². The minimum absolute atomic E-state index is 0.132. The Balaban J connectivity index is 2.42. The zero-order chi connectivity index (χ0) is 17.0. The molecule has 1 rings (SSSR count). The molecule has 0 spiro atoms. The summed E-state index contributed by atoms with van der Waals surface area (Å²) in [4.78, 5) is 10.7. The van der Waals surface area contributed by atoms with Gasteiger partial charge in [0.1, 0.15) is 0 Å². The number of hydrogen-bond donors (Lipinski definition) is 3. The van der Waals surface area contributed by atoms with E-state index in [4.69, 9.17) is 9.53 Å². The van der Waals surface area contributed by atoms with Crippen molar-refractivity contribution in [2.75, 3.05) is 6.61 Å². The van der Waals surface area contributed by atoms with Gasteiger partial charge in [-0.3, -0.25) is 0 Å². The fourth-order valence-electron chi connectivity index (χ4n) is 2.83. The lowest BCUT2D eigenvalue weighted by Gasteiger charge is -2.41. The molecule has 0 aromatic rings. The minimum atomic E-state index is -1.71. The van der Waals surface area contributed by atoms with Crippen molar-refractivity contribution in [3.05, 3.63) is 0 Å². The number of aliphatic hydroxyl groups excluding tert-OH is 1. The van der Waals surface area contributed by atoms with Crippen LogP contribution in [0.2, 0.25) is 18.1 Å². The van der Waals surface area contributed by atoms with Gasteiger partial charge in [0.2, 0.25) is 0 Å². The number of nitrogens with one attached hydrogen (secondary N) is 1. The largest absolute Gasteiger partial charge is 0.465 e. The first kappa shape index (κ1) is 19.5. The highest BCUT2D eigenvalue weighted by atomic mass is 28.4. The van der Waals surface area contributed by atoms with Gasteiger partial charge in [0, 0.05) is 6.10 Å². The molecule has 3 N–H and O–H groups in total. The Morgan fingerprint density at radius 3 is 2.23 bits per heavy atom. The molecule has 1 aliphatic rings. The molecule has 0 aromatic carbocycles. The molecule has 0 bridgehead atoms. The average molecular weight is 332 g/mol. The first-order valence-electron chi connectivity index (χ1n) is 8.33. The molecule has 0 aromatic heterocycles. The highest BCUT2D eigenvalue weighted by molar-refractivity contribution is 6.74. The maximum absolute atomic E-state index is 10.7. The molecular weight excluding hydrogens is 298 g/mol. The van der Waals surface area contributed by atoms with Crippen molar-refractivity contribution in [2.45, 2.75) is 83.2 Å². The van der Waals surface area contributed by atoms with Crippen molar-refractivity contribution in [1.29, 1.82) is 0 Å². The van der Waals surface area contributed by atoms with E-state index in [0.29, 0.717) is 12.0 Å². The number of rotatable bonds is 6. The lowest BCUT2D eigenvalue weighted by Crippen LogP contribution is -2.45. The van der Waals surface area contributed by atoms with Crippen molar-refractivity contribution in [2.24, 2.45) is 5.92 Å². The van der Waals surface area contributed by atoms with E-state index in [0.717, 1.165) is 32.1 Å². The number of amides is 1. The van der Waals surface area contributed by atoms with Crippen LogP contribution in [0.1, 0.15) is 52.9 Å². The normalized spacial score (nSPS) is 24.8. The van der Waals surface area contributed by atoms with Crippen LogP contribution in [0.3, 0.4) is 0 Å². The highest BCUT2D eigenvalue weighted by Gasteiger charge is 2.39. The summed E-state index contributed by atoms with van der Waals surface area (Å²) in [7, 11) is -1.71. The maximum atomic E-state index is 10.7. The lowest BCUT2D eigenvalue weighted by atomic mass is 9.83. The molecular formula is C16H33NO4Si. The first-order chi connectivity index (χ1) is 10.0. The summed E-state index contributed by atoms with van der Waals surface area (Å²) < 4.78 is 6.47. The van der Waals surface area contributed by atoms with E-state index in [2.05, 4.69) is 39.2 Å². The summed E-state index contributed by atoms with van der Waals surface area (Å²) in [5, 5.41) is 20.6. The molecule has 0 radical (unpaired) electrons. The molecule has 0 aliphatic heterocycles. The van der Waals surface area contributed by atoms with Gasteiger partial charge in [-0.25, -0.2) is 4.79 Å². The molecule has 6 heteroatoms. The molecule has 0 saturated heterocycles. The Morgan fingerprint density at radius 2 is 1.82 bits per heavy atom. The molecule has 1 fully saturated rings. The Kier molecular flexibility index (Phi) is 6.89. The fourth-order valence-corrected chi connectivity index (χ4v) is 4.26. The van der Waals surface area contributed by atoms with Crippen molar-refractivity contribution in [3.8, 4) is 0 Å². The first-order valence-corrected chi connectivity index (χ1v) is 11.2. The monoisotopic (exact) mass is 331 g/mol. The third-order valence-corrected chi connectivity index (χ3v) is 9.76. The van der Waals surface area contributed by atoms with Crippen LogP contribution < -0.4 is 5.32 Å². The van der Waals surface area contributed by atoms with E-state index in [-0.39, 0.29) is 17.7 Å². The van der Waals surface area contributed by atoms with Gasteiger partial charge in [-0.15, -0.1) is 0 Å². The van der Waals surface area contributed by atoms with Crippen molar-refractivity contribution >= 4 is 14.4 Å². The highest BCUT2D eigenvalue weighted by Crippen LogP contribution is 2.40. The number of carboxylic acid groups (broad SMARTS) is 1. The topological polar surface area (TPSA) is 78.8 Å². The summed E-state index contributed by atoms with van der Waals surface area (Å²) in [5.41, 5.74) is 0. The number of aliphatic hydroxyl groups is 1. The Hall–Kier alpha value is -0.593. The van der Waals surface area contributed by atoms with Crippen LogP contribution in [-0.4, -0.2) is 43.4 Å². The van der Waals surface area contributed by atoms with Gasteiger partial charge < -0.3 is 20.0 Å². The standard InChI is InChI=1S/C16H33NO4Si/c1-16(2,3)22(4,5)21-14-8-6-12(7-9-14)10-13(11-18)17-15(19)20/h12-14,17-18H,6-11H2,1-5H3,(H,19,20). The Labute approximate surface area is 135 Å². The van der Waals surface area contributed by atoms with E-state index in [1.807, 2.05) is 0 Å². The number of carbonyl (C=O) groups is 1. The summed E-state index contributed by atoms with van der Waals surface area (Å²) in [6.07, 6.45) is 4.19. The second-order valence-corrected chi connectivity index (χ2v) is 12.8. The fraction of sp³-hybridized carbons (Fsp3) is 0.938. The predicted octanol–water partition coefficient (Wildman–Crippen LogP) is 3.59. The van der Waals surface area contributed by atoms with Crippen LogP contribution in [0.4, 0.5) is 4.79 Å². The third-order valence-electron chi connectivity index (χ3n) is 5.23. The van der Waals surface area contributed by atoms with Crippen molar-refractivity contribution in [3.63, 3.8) is 0 Å². The lowest BCUT2D eigenvalue weighted by molar-refractivity contribution is 0.105. The van der Waals surface area contributed by atoms with Gasteiger partial charge >= 0.3 is 6.09 Å². The van der Waals surface area contributed by atoms with Crippen molar-refractivity contribution < 1.29 is 19.4 Å². The smallest absolute Gasteiger partial charge is 0.404 e. The molecule has 130 valence electrons. The van der Waals surface area contributed by atoms with Gasteiger partial charge in [-0.1, -0.05) is 20.8 Å². The average Bonchev–Trinajstić information content (AvgIpc) is 2.38. The van der Waals surface area contributed by atoms with Crippen LogP contribution in [0, 0.1) is 5.92 Å². The van der Waals surface area contributed by atoms with E-state index in [9.17, 15) is 9.90 Å². The zero-order valence-corrected chi connectivity index (χ0v) is 15.7. The number of hydrogen-bond acceptors (Lipinski definition) is 3. The van der Waals surface area contributed by atoms with Gasteiger partial charge in [-0.05, 0) is 56.2 Å². The Morgan fingerprint density at radius 1 is 1.27 bits per heavy atom. The molecule has 1 aliphatic carbocycles. The second kappa shape index (κ2) is 7.79. The zero-order valence-electron chi connectivity index (χ0n) is 14.7. The molecule has 1 saturated carbocycles. The summed E-state index contributed by atoms with van der Waals surface area (Å²) in [5.74, 6) is 0.475. The summed E-state index contributed by atoms with van der Waals surface area (Å²) in [6.45, 7) is 11.2. The van der Waals surface area contributed by atoms with Crippen LogP contribution in [0.15, 0.2) is 0 Å². The second-order valence-electron chi connectivity index (χ2n) is 8.09. The van der Waals surface area contributed by atoms with Gasteiger partial charge in [0.25, 0.3) is 0 Å². The molecule has 1 amide bonds. The molecule has 0 heterocycles. The van der Waals surface area contributed by atoms with Gasteiger partial charge in [0.15, 0.2) is 8.32 Å². The van der Waals surface area contributed by atoms with Crippen LogP contribution in [0.25, 0.3) is 0 Å². The molecule has 5 nitrogen and oxygen atoms in total. The van der Waals surface area contributed by atoms with E-state index in [1.54, 1.807) is 0 Å². The Bertz CT molecular complexity index is 360. The quantitative estimate of drug-likeness (QED) is 0.650. The SMILES string of the molecule is CC(C)(C)[Si](C)(C)OC1CCC(CC(CO)NC(=O)O)CC1. The van der Waals surface area contributed by atoms with E-state index in [1.165, 1.54) is 0 Å². The predicted molar refractivity (Wildman–Crippen MR) is 90.7 cm³/mol. The van der Waals surface area contributed by atoms with Crippen LogP contribution >= 0.6 is 0 Å². The van der Waals surface area contributed by atoms with Crippen molar-refractivity contribution in [1.82, 2.24) is 5.32 Å². The molecule has 1 unspecified atom stereocenters. The summed E-state index contributed by atoms with van der Waals surface area (Å²) >= 11 is 0. The minimum Gasteiger partial charge on any atom is -0.465 e.